The van der Waals surface area contributed by atoms with Gasteiger partial charge in [0.2, 0.25) is 0 Å². The van der Waals surface area contributed by atoms with Crippen LogP contribution in [0.5, 0.6) is 0 Å². The number of ether oxygens (including phenoxy) is 1. The molecule has 1 saturated heterocycles. The predicted octanol–water partition coefficient (Wildman–Crippen LogP) is 3.17. The minimum absolute atomic E-state index is 0.298. The third-order valence-electron chi connectivity index (χ3n) is 3.64. The van der Waals surface area contributed by atoms with E-state index in [2.05, 4.69) is 58.2 Å². The Kier molecular flexibility index (Phi) is 5.25. The molecule has 1 aromatic carbocycles. The van der Waals surface area contributed by atoms with Gasteiger partial charge in [0.15, 0.2) is 0 Å². The minimum atomic E-state index is 0.298. The highest BCUT2D eigenvalue weighted by atomic mass is 79.9. The summed E-state index contributed by atoms with van der Waals surface area (Å²) in [6.45, 7) is 7.04. The van der Waals surface area contributed by atoms with Crippen LogP contribution in [0.25, 0.3) is 0 Å². The second kappa shape index (κ2) is 6.73. The molecule has 0 aromatic heterocycles. The van der Waals surface area contributed by atoms with Gasteiger partial charge in [-0.15, -0.1) is 0 Å². The molecule has 1 aromatic rings. The maximum atomic E-state index is 5.77. The number of halogens is 1. The van der Waals surface area contributed by atoms with Crippen LogP contribution in [0.4, 0.5) is 5.69 Å². The number of hydrogen-bond acceptors (Lipinski definition) is 3. The number of hydrogen-bond donors (Lipinski definition) is 1. The molecule has 1 N–H and O–H groups in total. The Bertz CT molecular complexity index is 425. The molecule has 0 spiro atoms. The van der Waals surface area contributed by atoms with Crippen LogP contribution in [0.15, 0.2) is 22.7 Å². The van der Waals surface area contributed by atoms with Crippen LogP contribution in [0, 0.1) is 0 Å². The first kappa shape index (κ1) is 14.8. The Morgan fingerprint density at radius 3 is 2.89 bits per heavy atom. The second-order valence-corrected chi connectivity index (χ2v) is 6.03. The van der Waals surface area contributed by atoms with E-state index >= 15 is 0 Å². The van der Waals surface area contributed by atoms with Crippen molar-refractivity contribution in [3.05, 3.63) is 28.2 Å². The van der Waals surface area contributed by atoms with Gasteiger partial charge in [-0.2, -0.15) is 0 Å². The van der Waals surface area contributed by atoms with Crippen molar-refractivity contribution in [1.82, 2.24) is 5.32 Å². The molecule has 2 unspecified atom stereocenters. The van der Waals surface area contributed by atoms with Gasteiger partial charge < -0.3 is 15.0 Å². The van der Waals surface area contributed by atoms with E-state index in [9.17, 15) is 0 Å². The molecule has 19 heavy (non-hydrogen) atoms. The lowest BCUT2D eigenvalue weighted by molar-refractivity contribution is 0.0299. The Balaban J connectivity index is 2.23. The number of morpholine rings is 1. The maximum absolute atomic E-state index is 5.77. The van der Waals surface area contributed by atoms with Crippen molar-refractivity contribution in [2.45, 2.75) is 39.0 Å². The van der Waals surface area contributed by atoms with E-state index in [-0.39, 0.29) is 0 Å². The summed E-state index contributed by atoms with van der Waals surface area (Å²) in [6.07, 6.45) is 1.41. The van der Waals surface area contributed by atoms with Crippen LogP contribution in [0.3, 0.4) is 0 Å². The van der Waals surface area contributed by atoms with Crippen LogP contribution in [-0.4, -0.2) is 32.3 Å². The van der Waals surface area contributed by atoms with Gasteiger partial charge in [0, 0.05) is 17.6 Å². The third kappa shape index (κ3) is 3.50. The molecule has 0 aliphatic carbocycles. The molecule has 2 rings (SSSR count). The van der Waals surface area contributed by atoms with E-state index in [1.54, 1.807) is 0 Å². The molecule has 0 saturated carbocycles. The summed E-state index contributed by atoms with van der Waals surface area (Å²) < 4.78 is 6.94. The van der Waals surface area contributed by atoms with Gasteiger partial charge in [-0.25, -0.2) is 0 Å². The van der Waals surface area contributed by atoms with Crippen molar-refractivity contribution in [3.63, 3.8) is 0 Å². The van der Waals surface area contributed by atoms with Crippen molar-refractivity contribution < 1.29 is 4.74 Å². The van der Waals surface area contributed by atoms with Crippen LogP contribution >= 0.6 is 15.9 Å². The molecule has 1 heterocycles. The van der Waals surface area contributed by atoms with Crippen LogP contribution in [0.2, 0.25) is 0 Å². The molecule has 1 aliphatic rings. The van der Waals surface area contributed by atoms with E-state index in [1.165, 1.54) is 15.7 Å². The summed E-state index contributed by atoms with van der Waals surface area (Å²) in [5.41, 5.74) is 2.58. The predicted molar refractivity (Wildman–Crippen MR) is 83.7 cm³/mol. The molecular formula is C15H23BrN2O. The number of nitrogens with zero attached hydrogens (tertiary/aromatic N) is 1. The summed E-state index contributed by atoms with van der Waals surface area (Å²) in [4.78, 5) is 2.47. The van der Waals surface area contributed by atoms with Crippen LogP contribution < -0.4 is 10.2 Å². The summed E-state index contributed by atoms with van der Waals surface area (Å²) in [5.74, 6) is 0. The Morgan fingerprint density at radius 2 is 2.26 bits per heavy atom. The van der Waals surface area contributed by atoms with Crippen molar-refractivity contribution >= 4 is 21.6 Å². The smallest absolute Gasteiger partial charge is 0.0723 e. The number of nitrogens with one attached hydrogen (secondary N) is 1. The average molecular weight is 327 g/mol. The number of rotatable bonds is 4. The van der Waals surface area contributed by atoms with Gasteiger partial charge in [-0.3, -0.25) is 0 Å². The molecule has 3 nitrogen and oxygen atoms in total. The molecule has 106 valence electrons. The van der Waals surface area contributed by atoms with Crippen LogP contribution in [0.1, 0.15) is 25.8 Å². The van der Waals surface area contributed by atoms with Crippen molar-refractivity contribution in [2.75, 3.05) is 25.1 Å². The van der Waals surface area contributed by atoms with E-state index < -0.39 is 0 Å². The summed E-state index contributed by atoms with van der Waals surface area (Å²) in [6, 6.07) is 7.10. The highest BCUT2D eigenvalue weighted by molar-refractivity contribution is 9.10. The molecule has 4 heteroatoms. The third-order valence-corrected chi connectivity index (χ3v) is 4.28. The molecule has 1 aliphatic heterocycles. The monoisotopic (exact) mass is 326 g/mol. The average Bonchev–Trinajstić information content (AvgIpc) is 2.39. The van der Waals surface area contributed by atoms with Crippen molar-refractivity contribution in [2.24, 2.45) is 0 Å². The number of benzene rings is 1. The molecular weight excluding hydrogens is 304 g/mol. The molecule has 2 atom stereocenters. The fourth-order valence-electron chi connectivity index (χ4n) is 2.57. The summed E-state index contributed by atoms with van der Waals surface area (Å²) >= 11 is 3.72. The van der Waals surface area contributed by atoms with Gasteiger partial charge in [0.1, 0.15) is 0 Å². The highest BCUT2D eigenvalue weighted by Gasteiger charge is 2.26. The Morgan fingerprint density at radius 1 is 1.47 bits per heavy atom. The number of anilines is 1. The fraction of sp³-hybridized carbons (Fsp3) is 0.600. The van der Waals surface area contributed by atoms with E-state index in [0.29, 0.717) is 12.1 Å². The van der Waals surface area contributed by atoms with Crippen LogP contribution in [-0.2, 0) is 11.3 Å². The second-order valence-electron chi connectivity index (χ2n) is 5.17. The zero-order valence-electron chi connectivity index (χ0n) is 11.9. The Hall–Kier alpha value is -0.580. The van der Waals surface area contributed by atoms with Gasteiger partial charge in [-0.1, -0.05) is 13.0 Å². The first-order valence-electron chi connectivity index (χ1n) is 6.97. The largest absolute Gasteiger partial charge is 0.375 e. The highest BCUT2D eigenvalue weighted by Crippen LogP contribution is 2.31. The van der Waals surface area contributed by atoms with Crippen molar-refractivity contribution in [1.29, 1.82) is 0 Å². The zero-order chi connectivity index (χ0) is 13.8. The SMILES string of the molecule is CCC1COC(C)CN1c1ccc(CNC)cc1Br. The van der Waals surface area contributed by atoms with E-state index in [1.807, 2.05) is 7.05 Å². The van der Waals surface area contributed by atoms with E-state index in [0.717, 1.165) is 26.1 Å². The lowest BCUT2D eigenvalue weighted by atomic mass is 10.1. The quantitative estimate of drug-likeness (QED) is 0.919. The molecule has 1 fully saturated rings. The normalized spacial score (nSPS) is 23.7. The first-order valence-corrected chi connectivity index (χ1v) is 7.76. The minimum Gasteiger partial charge on any atom is -0.375 e. The van der Waals surface area contributed by atoms with Gasteiger partial charge in [0.25, 0.3) is 0 Å². The lowest BCUT2D eigenvalue weighted by Crippen LogP contribution is -2.48. The topological polar surface area (TPSA) is 24.5 Å². The molecule has 0 radical (unpaired) electrons. The standard InChI is InChI=1S/C15H23BrN2O/c1-4-13-10-19-11(2)9-18(13)15-6-5-12(8-17-3)7-14(15)16/h5-7,11,13,17H,4,8-10H2,1-3H3. The first-order chi connectivity index (χ1) is 9.15. The summed E-state index contributed by atoms with van der Waals surface area (Å²) in [7, 11) is 1.97. The zero-order valence-corrected chi connectivity index (χ0v) is 13.5. The van der Waals surface area contributed by atoms with Crippen molar-refractivity contribution in [3.8, 4) is 0 Å². The van der Waals surface area contributed by atoms with Gasteiger partial charge in [-0.05, 0) is 54.0 Å². The van der Waals surface area contributed by atoms with Gasteiger partial charge >= 0.3 is 0 Å². The molecule has 0 amide bonds. The fourth-order valence-corrected chi connectivity index (χ4v) is 3.23. The van der Waals surface area contributed by atoms with E-state index in [4.69, 9.17) is 4.74 Å². The Labute approximate surface area is 124 Å². The van der Waals surface area contributed by atoms with Gasteiger partial charge in [0.05, 0.1) is 24.4 Å². The maximum Gasteiger partial charge on any atom is 0.0723 e. The lowest BCUT2D eigenvalue weighted by Gasteiger charge is -2.40. The summed E-state index contributed by atoms with van der Waals surface area (Å²) in [5, 5.41) is 3.18. The molecule has 0 bridgehead atoms.